The van der Waals surface area contributed by atoms with Crippen LogP contribution in [0.2, 0.25) is 0 Å². The summed E-state index contributed by atoms with van der Waals surface area (Å²) in [7, 11) is 0. The number of benzene rings is 1. The van der Waals surface area contributed by atoms with Crippen molar-refractivity contribution in [3.8, 4) is 0 Å². The third-order valence-corrected chi connectivity index (χ3v) is 3.07. The zero-order valence-corrected chi connectivity index (χ0v) is 12.1. The van der Waals surface area contributed by atoms with Gasteiger partial charge in [-0.05, 0) is 49.3 Å². The van der Waals surface area contributed by atoms with E-state index in [2.05, 4.69) is 41.9 Å². The van der Waals surface area contributed by atoms with Gasteiger partial charge in [0.15, 0.2) is 0 Å². The minimum Gasteiger partial charge on any atom is -0.275 e. The number of aryl methyl sites for hydroxylation is 2. The molecule has 1 aromatic carbocycles. The van der Waals surface area contributed by atoms with Gasteiger partial charge in [-0.2, -0.15) is 0 Å². The van der Waals surface area contributed by atoms with Crippen molar-refractivity contribution in [2.45, 2.75) is 39.5 Å². The lowest BCUT2D eigenvalue weighted by Crippen LogP contribution is -1.89. The van der Waals surface area contributed by atoms with Gasteiger partial charge in [-0.1, -0.05) is 30.3 Å². The number of azo groups is 1. The first-order chi connectivity index (χ1) is 9.54. The largest absolute Gasteiger partial charge is 0.275 e. The Kier molecular flexibility index (Phi) is 6.50. The Hall–Kier alpha value is -2.10. The summed E-state index contributed by atoms with van der Waals surface area (Å²) in [6.07, 6.45) is 5.23. The number of hydrogen-bond donors (Lipinski definition) is 0. The molecule has 20 heavy (non-hydrogen) atoms. The van der Waals surface area contributed by atoms with Gasteiger partial charge >= 0.3 is 0 Å². The van der Waals surface area contributed by atoms with Gasteiger partial charge < -0.3 is 0 Å². The van der Waals surface area contributed by atoms with Crippen LogP contribution in [0.5, 0.6) is 0 Å². The molecule has 1 aromatic rings. The molecule has 0 N–H and O–H groups in total. The number of rotatable bonds is 1. The van der Waals surface area contributed by atoms with Crippen LogP contribution in [0.25, 0.3) is 5.57 Å². The molecule has 0 atom stereocenters. The first kappa shape index (κ1) is 16.0. The number of amides is 2. The van der Waals surface area contributed by atoms with Crippen molar-refractivity contribution < 1.29 is 9.59 Å². The summed E-state index contributed by atoms with van der Waals surface area (Å²) < 4.78 is 0. The molecule has 106 valence electrons. The van der Waals surface area contributed by atoms with Gasteiger partial charge in [-0.15, -0.1) is 10.2 Å². The summed E-state index contributed by atoms with van der Waals surface area (Å²) in [5.74, 6) is -0.466. The van der Waals surface area contributed by atoms with Crippen LogP contribution in [0.15, 0.2) is 35.0 Å². The van der Waals surface area contributed by atoms with Crippen LogP contribution in [0, 0.1) is 6.92 Å². The van der Waals surface area contributed by atoms with Crippen LogP contribution < -0.4 is 0 Å². The van der Waals surface area contributed by atoms with Crippen molar-refractivity contribution in [2.75, 3.05) is 0 Å². The molecule has 4 nitrogen and oxygen atoms in total. The van der Waals surface area contributed by atoms with E-state index in [1.54, 1.807) is 0 Å². The van der Waals surface area contributed by atoms with Gasteiger partial charge in [-0.25, -0.2) is 0 Å². The minimum absolute atomic E-state index is 0.210. The molecule has 2 amide bonds. The van der Waals surface area contributed by atoms with Crippen LogP contribution in [-0.2, 0) is 16.0 Å². The molecule has 0 unspecified atom stereocenters. The number of allylic oxidation sites excluding steroid dienone is 1. The van der Waals surface area contributed by atoms with Crippen molar-refractivity contribution in [3.63, 3.8) is 0 Å². The van der Waals surface area contributed by atoms with Crippen LogP contribution >= 0.6 is 0 Å². The fraction of sp³-hybridized carbons (Fsp3) is 0.375. The van der Waals surface area contributed by atoms with Crippen LogP contribution in [0.4, 0.5) is 0 Å². The monoisotopic (exact) mass is 272 g/mol. The summed E-state index contributed by atoms with van der Waals surface area (Å²) in [6.45, 7) is 7.52. The van der Waals surface area contributed by atoms with E-state index in [0.717, 1.165) is 0 Å². The zero-order valence-electron chi connectivity index (χ0n) is 12.1. The summed E-state index contributed by atoms with van der Waals surface area (Å²) in [5, 5.41) is 5.63. The molecule has 1 aliphatic carbocycles. The van der Waals surface area contributed by atoms with Crippen LogP contribution in [0.1, 0.15) is 42.9 Å². The molecule has 0 aromatic heterocycles. The molecule has 0 fully saturated rings. The molecule has 0 heterocycles. The molecule has 2 rings (SSSR count). The quantitative estimate of drug-likeness (QED) is 0.442. The average Bonchev–Trinajstić information content (AvgIpc) is 2.59. The number of fused-ring (bicyclic) bond motifs is 1. The standard InChI is InChI=1S/C13H16.C3H4N2O2/c1-10-7-8-12-6-4-3-5-11(2)13(12)9-10;1-3(7)5-4-2-6/h7-9H,2-6H2,1H3;2H,1H3. The number of hydrogen-bond acceptors (Lipinski definition) is 2. The van der Waals surface area contributed by atoms with Gasteiger partial charge in [0.1, 0.15) is 0 Å². The normalized spacial score (nSPS) is 14.0. The summed E-state index contributed by atoms with van der Waals surface area (Å²) >= 11 is 0. The third-order valence-electron chi connectivity index (χ3n) is 3.07. The Bertz CT molecular complexity index is 533. The average molecular weight is 272 g/mol. The van der Waals surface area contributed by atoms with Gasteiger partial charge in [0, 0.05) is 6.92 Å². The molecular formula is C16H20N2O2. The molecule has 0 saturated heterocycles. The van der Waals surface area contributed by atoms with E-state index in [-0.39, 0.29) is 6.41 Å². The Morgan fingerprint density at radius 2 is 2.00 bits per heavy atom. The Balaban J connectivity index is 0.000000246. The summed E-state index contributed by atoms with van der Waals surface area (Å²) in [4.78, 5) is 19.1. The van der Waals surface area contributed by atoms with Crippen molar-refractivity contribution in [1.29, 1.82) is 0 Å². The Labute approximate surface area is 119 Å². The van der Waals surface area contributed by atoms with Gasteiger partial charge in [-0.3, -0.25) is 9.59 Å². The van der Waals surface area contributed by atoms with E-state index < -0.39 is 5.91 Å². The second-order valence-electron chi connectivity index (χ2n) is 4.81. The molecule has 0 bridgehead atoms. The predicted octanol–water partition coefficient (Wildman–Crippen LogP) is 3.88. The van der Waals surface area contributed by atoms with Crippen molar-refractivity contribution in [2.24, 2.45) is 10.2 Å². The highest BCUT2D eigenvalue weighted by molar-refractivity contribution is 5.74. The number of carbonyl (C=O) groups is 2. The van der Waals surface area contributed by atoms with Crippen molar-refractivity contribution in [1.82, 2.24) is 0 Å². The van der Waals surface area contributed by atoms with E-state index in [9.17, 15) is 9.59 Å². The zero-order chi connectivity index (χ0) is 15.0. The van der Waals surface area contributed by atoms with Crippen LogP contribution in [-0.4, -0.2) is 12.3 Å². The van der Waals surface area contributed by atoms with E-state index in [4.69, 9.17) is 0 Å². The fourth-order valence-corrected chi connectivity index (χ4v) is 2.13. The highest BCUT2D eigenvalue weighted by atomic mass is 16.2. The van der Waals surface area contributed by atoms with Crippen molar-refractivity contribution >= 4 is 17.9 Å². The maximum Gasteiger partial charge on any atom is 0.261 e. The van der Waals surface area contributed by atoms with E-state index in [1.807, 2.05) is 0 Å². The topological polar surface area (TPSA) is 58.9 Å². The molecule has 4 heteroatoms. The van der Waals surface area contributed by atoms with E-state index in [1.165, 1.54) is 54.9 Å². The van der Waals surface area contributed by atoms with Gasteiger partial charge in [0.25, 0.3) is 12.3 Å². The van der Waals surface area contributed by atoms with E-state index in [0.29, 0.717) is 0 Å². The number of nitrogens with zero attached hydrogens (tertiary/aromatic N) is 2. The van der Waals surface area contributed by atoms with Gasteiger partial charge in [0.2, 0.25) is 0 Å². The summed E-state index contributed by atoms with van der Waals surface area (Å²) in [5.41, 5.74) is 5.59. The van der Waals surface area contributed by atoms with E-state index >= 15 is 0 Å². The molecular weight excluding hydrogens is 252 g/mol. The Morgan fingerprint density at radius 1 is 1.30 bits per heavy atom. The molecule has 0 radical (unpaired) electrons. The lowest BCUT2D eigenvalue weighted by Gasteiger charge is -2.08. The SMILES string of the molecule is C=C1CCCCc2ccc(C)cc21.CC(=O)N=NC=O. The summed E-state index contributed by atoms with van der Waals surface area (Å²) in [6, 6.07) is 6.75. The third kappa shape index (κ3) is 5.26. The molecule has 0 saturated carbocycles. The van der Waals surface area contributed by atoms with Gasteiger partial charge in [0.05, 0.1) is 0 Å². The molecule has 1 aliphatic rings. The number of carbonyl (C=O) groups excluding carboxylic acids is 2. The highest BCUT2D eigenvalue weighted by Crippen LogP contribution is 2.28. The maximum absolute atomic E-state index is 9.78. The second-order valence-corrected chi connectivity index (χ2v) is 4.81. The lowest BCUT2D eigenvalue weighted by molar-refractivity contribution is -0.117. The molecule has 0 aliphatic heterocycles. The first-order valence-electron chi connectivity index (χ1n) is 6.67. The maximum atomic E-state index is 9.78. The smallest absolute Gasteiger partial charge is 0.261 e. The molecule has 0 spiro atoms. The fourth-order valence-electron chi connectivity index (χ4n) is 2.13. The Morgan fingerprint density at radius 3 is 2.60 bits per heavy atom. The lowest BCUT2D eigenvalue weighted by atomic mass is 9.98. The first-order valence-corrected chi connectivity index (χ1v) is 6.67. The predicted molar refractivity (Wildman–Crippen MR) is 79.4 cm³/mol. The van der Waals surface area contributed by atoms with Crippen LogP contribution in [0.3, 0.4) is 0 Å². The van der Waals surface area contributed by atoms with Crippen molar-refractivity contribution in [3.05, 3.63) is 41.5 Å². The second kappa shape index (κ2) is 8.15. The highest BCUT2D eigenvalue weighted by Gasteiger charge is 2.10. The minimum atomic E-state index is -0.466.